The fraction of sp³-hybridized carbons (Fsp3) is 0. The van der Waals surface area contributed by atoms with Gasteiger partial charge < -0.3 is 29.6 Å². The van der Waals surface area contributed by atoms with Crippen LogP contribution in [0.25, 0.3) is 0 Å². The van der Waals surface area contributed by atoms with Gasteiger partial charge in [-0.1, -0.05) is 0 Å². The molecule has 0 bridgehead atoms. The SMILES string of the molecule is O=C(O)c1ccc(S(=O)(=O)[O-])cc1O.[CH3-].[CH3-].[Ti+2]. The summed E-state index contributed by atoms with van der Waals surface area (Å²) in [4.78, 5) is 9.73. The van der Waals surface area contributed by atoms with Crippen LogP contribution in [0.4, 0.5) is 0 Å². The summed E-state index contributed by atoms with van der Waals surface area (Å²) in [6.45, 7) is 0. The van der Waals surface area contributed by atoms with Crippen molar-refractivity contribution < 1.29 is 49.7 Å². The summed E-state index contributed by atoms with van der Waals surface area (Å²) >= 11 is 0. The predicted molar refractivity (Wildman–Crippen MR) is 55.9 cm³/mol. The predicted octanol–water partition coefficient (Wildman–Crippen LogP) is 0.893. The minimum absolute atomic E-state index is 0. The summed E-state index contributed by atoms with van der Waals surface area (Å²) in [7, 11) is -4.67. The number of carbonyl (C=O) groups is 1. The zero-order chi connectivity index (χ0) is 10.9. The molecule has 6 nitrogen and oxygen atoms in total. The van der Waals surface area contributed by atoms with Gasteiger partial charge in [0.2, 0.25) is 0 Å². The van der Waals surface area contributed by atoms with Gasteiger partial charge in [-0.15, -0.1) is 0 Å². The molecule has 94 valence electrons. The largest absolute Gasteiger partial charge is 2.00 e. The Hall–Kier alpha value is -0.886. The number of benzene rings is 1. The summed E-state index contributed by atoms with van der Waals surface area (Å²) in [6.07, 6.45) is 0. The van der Waals surface area contributed by atoms with Crippen LogP contribution in [0.2, 0.25) is 0 Å². The molecule has 0 unspecified atom stereocenters. The van der Waals surface area contributed by atoms with Crippen LogP contribution >= 0.6 is 0 Å². The first-order chi connectivity index (χ1) is 6.32. The summed E-state index contributed by atoms with van der Waals surface area (Å²) in [5, 5.41) is 17.5. The molecule has 0 saturated carbocycles. The van der Waals surface area contributed by atoms with Crippen molar-refractivity contribution in [2.45, 2.75) is 4.90 Å². The Kier molecular flexibility index (Phi) is 9.37. The average Bonchev–Trinajstić information content (AvgIpc) is 2.01. The Bertz CT molecular complexity index is 482. The second-order valence-corrected chi connectivity index (χ2v) is 3.82. The van der Waals surface area contributed by atoms with Gasteiger partial charge in [0.05, 0.1) is 4.90 Å². The van der Waals surface area contributed by atoms with E-state index >= 15 is 0 Å². The normalized spacial score (nSPS) is 9.24. The Morgan fingerprint density at radius 3 is 2.00 bits per heavy atom. The number of aromatic carboxylic acids is 1. The second-order valence-electron chi connectivity index (χ2n) is 2.44. The van der Waals surface area contributed by atoms with Gasteiger partial charge in [-0.2, -0.15) is 0 Å². The maximum atomic E-state index is 10.5. The number of rotatable bonds is 2. The Morgan fingerprint density at radius 1 is 1.24 bits per heavy atom. The van der Waals surface area contributed by atoms with Gasteiger partial charge in [0.1, 0.15) is 21.4 Å². The molecule has 0 aliphatic carbocycles. The Balaban J connectivity index is -0.000000653. The number of aromatic hydroxyl groups is 1. The summed E-state index contributed by atoms with van der Waals surface area (Å²) < 4.78 is 31.4. The van der Waals surface area contributed by atoms with Gasteiger partial charge in [-0.05, 0) is 18.2 Å². The molecule has 1 aromatic rings. The summed E-state index contributed by atoms with van der Waals surface area (Å²) in [5.74, 6) is -2.16. The molecule has 17 heavy (non-hydrogen) atoms. The molecule has 1 rings (SSSR count). The molecule has 0 spiro atoms. The van der Waals surface area contributed by atoms with Crippen molar-refractivity contribution in [3.8, 4) is 5.75 Å². The van der Waals surface area contributed by atoms with Crippen molar-refractivity contribution in [1.82, 2.24) is 0 Å². The molecule has 0 fully saturated rings. The van der Waals surface area contributed by atoms with Gasteiger partial charge in [0.25, 0.3) is 0 Å². The minimum Gasteiger partial charge on any atom is -0.744 e. The first-order valence-corrected chi connectivity index (χ1v) is 4.75. The van der Waals surface area contributed by atoms with Crippen LogP contribution in [0.15, 0.2) is 23.1 Å². The third-order valence-corrected chi connectivity index (χ3v) is 2.32. The van der Waals surface area contributed by atoms with E-state index < -0.39 is 32.3 Å². The van der Waals surface area contributed by atoms with Crippen LogP contribution in [0, 0.1) is 14.9 Å². The van der Waals surface area contributed by atoms with Crippen molar-refractivity contribution in [2.24, 2.45) is 0 Å². The van der Waals surface area contributed by atoms with Crippen LogP contribution in [0.1, 0.15) is 10.4 Å². The number of carboxylic acid groups (broad SMARTS) is 1. The van der Waals surface area contributed by atoms with Crippen LogP contribution < -0.4 is 0 Å². The number of hydrogen-bond acceptors (Lipinski definition) is 5. The molecule has 0 saturated heterocycles. The van der Waals surface area contributed by atoms with Crippen molar-refractivity contribution >= 4 is 16.1 Å². The molecular weight excluding hydrogens is 284 g/mol. The van der Waals surface area contributed by atoms with E-state index in [4.69, 9.17) is 10.2 Å². The number of hydrogen-bond donors (Lipinski definition) is 2. The molecule has 0 atom stereocenters. The molecule has 0 heterocycles. The molecule has 0 aromatic heterocycles. The van der Waals surface area contributed by atoms with E-state index in [2.05, 4.69) is 0 Å². The van der Waals surface area contributed by atoms with Gasteiger partial charge in [0, 0.05) is 0 Å². The quantitative estimate of drug-likeness (QED) is 0.475. The molecule has 0 aliphatic heterocycles. The fourth-order valence-corrected chi connectivity index (χ4v) is 1.34. The Labute approximate surface area is 115 Å². The van der Waals surface area contributed by atoms with Crippen LogP contribution in [-0.4, -0.2) is 29.2 Å². The molecule has 1 aromatic carbocycles. The smallest absolute Gasteiger partial charge is 0.744 e. The summed E-state index contributed by atoms with van der Waals surface area (Å²) in [6, 6.07) is 2.28. The third-order valence-electron chi connectivity index (χ3n) is 1.49. The minimum atomic E-state index is -4.67. The third kappa shape index (κ3) is 5.32. The van der Waals surface area contributed by atoms with Crippen molar-refractivity contribution in [1.29, 1.82) is 0 Å². The number of phenols is 1. The summed E-state index contributed by atoms with van der Waals surface area (Å²) in [5.41, 5.74) is -0.461. The van der Waals surface area contributed by atoms with Gasteiger partial charge in [-0.25, -0.2) is 13.2 Å². The topological polar surface area (TPSA) is 115 Å². The van der Waals surface area contributed by atoms with Crippen molar-refractivity contribution in [3.63, 3.8) is 0 Å². The molecule has 2 N–H and O–H groups in total. The van der Waals surface area contributed by atoms with E-state index in [-0.39, 0.29) is 36.6 Å². The van der Waals surface area contributed by atoms with E-state index in [1.165, 1.54) is 0 Å². The van der Waals surface area contributed by atoms with E-state index in [9.17, 15) is 17.8 Å². The standard InChI is InChI=1S/C7H6O6S.2CH3.Ti/c8-6-3-4(14(11,12)13)1-2-5(6)7(9)10;;;/h1-3,8H,(H,9,10)(H,11,12,13);2*1H3;/q;2*-1;+2/p-1. The monoisotopic (exact) mass is 295 g/mol. The van der Waals surface area contributed by atoms with Crippen molar-refractivity contribution in [3.05, 3.63) is 38.6 Å². The maximum Gasteiger partial charge on any atom is 2.00 e. The second kappa shape index (κ2) is 7.44. The Morgan fingerprint density at radius 2 is 1.71 bits per heavy atom. The first kappa shape index (κ1) is 21.4. The molecule has 0 aliphatic rings. The first-order valence-electron chi connectivity index (χ1n) is 3.34. The zero-order valence-electron chi connectivity index (χ0n) is 9.17. The van der Waals surface area contributed by atoms with E-state index in [1.54, 1.807) is 0 Å². The van der Waals surface area contributed by atoms with Crippen molar-refractivity contribution in [2.75, 3.05) is 0 Å². The van der Waals surface area contributed by atoms with E-state index in [0.717, 1.165) is 12.1 Å². The van der Waals surface area contributed by atoms with Crippen LogP contribution in [-0.2, 0) is 31.8 Å². The number of carboxylic acids is 1. The van der Waals surface area contributed by atoms with Gasteiger partial charge in [-0.3, -0.25) is 0 Å². The fourth-order valence-electron chi connectivity index (χ4n) is 0.848. The average molecular weight is 295 g/mol. The molecule has 0 radical (unpaired) electrons. The zero-order valence-corrected chi connectivity index (χ0v) is 11.5. The maximum absolute atomic E-state index is 10.5. The molecule has 8 heteroatoms. The van der Waals surface area contributed by atoms with Crippen LogP contribution in [0.5, 0.6) is 5.75 Å². The van der Waals surface area contributed by atoms with Gasteiger partial charge in [0.15, 0.2) is 0 Å². The van der Waals surface area contributed by atoms with E-state index in [0.29, 0.717) is 6.07 Å². The molecule has 0 amide bonds. The molecular formula is C9H11O6STi-. The van der Waals surface area contributed by atoms with E-state index in [1.807, 2.05) is 0 Å². The van der Waals surface area contributed by atoms with Crippen LogP contribution in [0.3, 0.4) is 0 Å². The van der Waals surface area contributed by atoms with Gasteiger partial charge >= 0.3 is 27.7 Å².